The van der Waals surface area contributed by atoms with Crippen molar-refractivity contribution in [2.45, 2.75) is 6.42 Å². The van der Waals surface area contributed by atoms with Crippen molar-refractivity contribution in [2.75, 3.05) is 13.6 Å². The highest BCUT2D eigenvalue weighted by Crippen LogP contribution is 2.13. The van der Waals surface area contributed by atoms with Crippen LogP contribution in [0.1, 0.15) is 15.4 Å². The standard InChI is InChI=1S/C12H13BrN2OS/c1-15(5-4-10-3-2-6-17-10)12(16)11-7-9(13)8-14-11/h2-3,6-8,14H,4-5H2,1H3. The number of rotatable bonds is 4. The summed E-state index contributed by atoms with van der Waals surface area (Å²) in [6.45, 7) is 0.732. The highest BCUT2D eigenvalue weighted by Gasteiger charge is 2.13. The second-order valence-corrected chi connectivity index (χ2v) is 5.74. The van der Waals surface area contributed by atoms with Gasteiger partial charge in [-0.15, -0.1) is 11.3 Å². The Hall–Kier alpha value is -1.07. The van der Waals surface area contributed by atoms with E-state index in [2.05, 4.69) is 32.4 Å². The van der Waals surface area contributed by atoms with Gasteiger partial charge in [0.05, 0.1) is 0 Å². The second kappa shape index (κ2) is 5.51. The smallest absolute Gasteiger partial charge is 0.270 e. The van der Waals surface area contributed by atoms with Gasteiger partial charge in [0.15, 0.2) is 0 Å². The van der Waals surface area contributed by atoms with Gasteiger partial charge in [-0.25, -0.2) is 0 Å². The summed E-state index contributed by atoms with van der Waals surface area (Å²) in [4.78, 5) is 18.0. The van der Waals surface area contributed by atoms with Crippen LogP contribution in [0.5, 0.6) is 0 Å². The molecular formula is C12H13BrN2OS. The van der Waals surface area contributed by atoms with Crippen molar-refractivity contribution in [3.63, 3.8) is 0 Å². The molecule has 0 fully saturated rings. The molecule has 3 nitrogen and oxygen atoms in total. The van der Waals surface area contributed by atoms with Gasteiger partial charge in [-0.1, -0.05) is 6.07 Å². The highest BCUT2D eigenvalue weighted by atomic mass is 79.9. The number of H-pyrrole nitrogens is 1. The molecule has 2 aromatic rings. The fraction of sp³-hybridized carbons (Fsp3) is 0.250. The molecule has 5 heteroatoms. The van der Waals surface area contributed by atoms with Crippen LogP contribution in [-0.4, -0.2) is 29.4 Å². The van der Waals surface area contributed by atoms with Gasteiger partial charge in [0.1, 0.15) is 5.69 Å². The molecule has 0 aliphatic rings. The lowest BCUT2D eigenvalue weighted by atomic mass is 10.3. The topological polar surface area (TPSA) is 36.1 Å². The number of amides is 1. The molecule has 0 saturated heterocycles. The Labute approximate surface area is 113 Å². The normalized spacial score (nSPS) is 10.5. The fourth-order valence-corrected chi connectivity index (χ4v) is 2.57. The minimum Gasteiger partial charge on any atom is -0.356 e. The Bertz CT molecular complexity index is 492. The lowest BCUT2D eigenvalue weighted by Gasteiger charge is -2.15. The number of carbonyl (C=O) groups is 1. The van der Waals surface area contributed by atoms with Crippen molar-refractivity contribution in [1.29, 1.82) is 0 Å². The van der Waals surface area contributed by atoms with Crippen molar-refractivity contribution in [2.24, 2.45) is 0 Å². The molecule has 1 amide bonds. The van der Waals surface area contributed by atoms with Crippen LogP contribution in [0, 0.1) is 0 Å². The summed E-state index contributed by atoms with van der Waals surface area (Å²) in [5.74, 6) is 0.0206. The van der Waals surface area contributed by atoms with E-state index in [1.807, 2.05) is 13.1 Å². The number of aromatic amines is 1. The van der Waals surface area contributed by atoms with Crippen LogP contribution in [0.15, 0.2) is 34.2 Å². The molecule has 0 radical (unpaired) electrons. The maximum Gasteiger partial charge on any atom is 0.270 e. The average molecular weight is 313 g/mol. The van der Waals surface area contributed by atoms with E-state index in [1.54, 1.807) is 28.5 Å². The molecule has 0 aliphatic heterocycles. The number of hydrogen-bond donors (Lipinski definition) is 1. The lowest BCUT2D eigenvalue weighted by Crippen LogP contribution is -2.28. The first-order valence-corrected chi connectivity index (χ1v) is 6.96. The van der Waals surface area contributed by atoms with Crippen molar-refractivity contribution in [3.05, 3.63) is 44.8 Å². The lowest BCUT2D eigenvalue weighted by molar-refractivity contribution is 0.0792. The van der Waals surface area contributed by atoms with Crippen molar-refractivity contribution in [3.8, 4) is 0 Å². The van der Waals surface area contributed by atoms with E-state index >= 15 is 0 Å². The van der Waals surface area contributed by atoms with Gasteiger partial charge in [-0.3, -0.25) is 4.79 Å². The molecule has 0 saturated carbocycles. The maximum atomic E-state index is 12.0. The molecule has 0 aromatic carbocycles. The number of nitrogens with zero attached hydrogens (tertiary/aromatic N) is 1. The Morgan fingerprint density at radius 2 is 2.41 bits per heavy atom. The summed E-state index contributed by atoms with van der Waals surface area (Å²) in [6, 6.07) is 5.92. The van der Waals surface area contributed by atoms with Crippen molar-refractivity contribution < 1.29 is 4.79 Å². The van der Waals surface area contributed by atoms with E-state index in [0.29, 0.717) is 5.69 Å². The molecule has 1 N–H and O–H groups in total. The largest absolute Gasteiger partial charge is 0.356 e. The average Bonchev–Trinajstić information content (AvgIpc) is 2.95. The van der Waals surface area contributed by atoms with Gasteiger partial charge in [0, 0.05) is 29.1 Å². The van der Waals surface area contributed by atoms with Gasteiger partial charge in [-0.2, -0.15) is 0 Å². The van der Waals surface area contributed by atoms with Crippen LogP contribution in [-0.2, 0) is 6.42 Å². The molecular weight excluding hydrogens is 300 g/mol. The minimum atomic E-state index is 0.0206. The Balaban J connectivity index is 1.91. The van der Waals surface area contributed by atoms with Crippen LogP contribution in [0.2, 0.25) is 0 Å². The van der Waals surface area contributed by atoms with Gasteiger partial charge < -0.3 is 9.88 Å². The zero-order valence-corrected chi connectivity index (χ0v) is 11.8. The SMILES string of the molecule is CN(CCc1cccs1)C(=O)c1cc(Br)c[nH]1. The van der Waals surface area contributed by atoms with Gasteiger partial charge >= 0.3 is 0 Å². The number of nitrogens with one attached hydrogen (secondary N) is 1. The molecule has 2 aromatic heterocycles. The van der Waals surface area contributed by atoms with Crippen molar-refractivity contribution >= 4 is 33.2 Å². The fourth-order valence-electron chi connectivity index (χ4n) is 1.53. The minimum absolute atomic E-state index is 0.0206. The summed E-state index contributed by atoms with van der Waals surface area (Å²) in [5, 5.41) is 2.05. The van der Waals surface area contributed by atoms with E-state index < -0.39 is 0 Å². The van der Waals surface area contributed by atoms with E-state index in [1.165, 1.54) is 4.88 Å². The molecule has 90 valence electrons. The molecule has 0 bridgehead atoms. The van der Waals surface area contributed by atoms with Crippen LogP contribution >= 0.6 is 27.3 Å². The monoisotopic (exact) mass is 312 g/mol. The predicted octanol–water partition coefficient (Wildman–Crippen LogP) is 3.15. The van der Waals surface area contributed by atoms with E-state index in [0.717, 1.165) is 17.4 Å². The summed E-state index contributed by atoms with van der Waals surface area (Å²) in [5.41, 5.74) is 0.616. The predicted molar refractivity (Wildman–Crippen MR) is 73.5 cm³/mol. The Morgan fingerprint density at radius 1 is 1.59 bits per heavy atom. The molecule has 0 unspecified atom stereocenters. The van der Waals surface area contributed by atoms with Gasteiger partial charge in [-0.05, 0) is 39.9 Å². The third-order valence-electron chi connectivity index (χ3n) is 2.50. The van der Waals surface area contributed by atoms with Gasteiger partial charge in [0.2, 0.25) is 0 Å². The van der Waals surface area contributed by atoms with E-state index in [4.69, 9.17) is 0 Å². The molecule has 0 spiro atoms. The van der Waals surface area contributed by atoms with Crippen LogP contribution in [0.25, 0.3) is 0 Å². The maximum absolute atomic E-state index is 12.0. The zero-order valence-electron chi connectivity index (χ0n) is 9.44. The molecule has 17 heavy (non-hydrogen) atoms. The molecule has 0 aliphatic carbocycles. The van der Waals surface area contributed by atoms with Gasteiger partial charge in [0.25, 0.3) is 5.91 Å². The summed E-state index contributed by atoms with van der Waals surface area (Å²) in [6.07, 6.45) is 2.67. The zero-order chi connectivity index (χ0) is 12.3. The second-order valence-electron chi connectivity index (χ2n) is 3.79. The molecule has 2 heterocycles. The van der Waals surface area contributed by atoms with Crippen LogP contribution in [0.4, 0.5) is 0 Å². The number of likely N-dealkylation sites (N-methyl/N-ethyl adjacent to an activating group) is 1. The summed E-state index contributed by atoms with van der Waals surface area (Å²) in [7, 11) is 1.82. The number of carbonyl (C=O) groups excluding carboxylic acids is 1. The molecule has 0 atom stereocenters. The first-order valence-electron chi connectivity index (χ1n) is 5.28. The third-order valence-corrected chi connectivity index (χ3v) is 3.89. The van der Waals surface area contributed by atoms with E-state index in [-0.39, 0.29) is 5.91 Å². The number of aromatic nitrogens is 1. The van der Waals surface area contributed by atoms with Crippen molar-refractivity contribution in [1.82, 2.24) is 9.88 Å². The van der Waals surface area contributed by atoms with Crippen LogP contribution < -0.4 is 0 Å². The number of halogens is 1. The summed E-state index contributed by atoms with van der Waals surface area (Å²) >= 11 is 5.04. The Kier molecular flexibility index (Phi) is 4.02. The van der Waals surface area contributed by atoms with Crippen LogP contribution in [0.3, 0.4) is 0 Å². The Morgan fingerprint density at radius 3 is 3.00 bits per heavy atom. The highest BCUT2D eigenvalue weighted by molar-refractivity contribution is 9.10. The molecule has 2 rings (SSSR count). The quantitative estimate of drug-likeness (QED) is 0.925. The first kappa shape index (κ1) is 12.4. The summed E-state index contributed by atoms with van der Waals surface area (Å²) < 4.78 is 0.896. The van der Waals surface area contributed by atoms with E-state index in [9.17, 15) is 4.79 Å². The first-order chi connectivity index (χ1) is 8.16. The number of hydrogen-bond acceptors (Lipinski definition) is 2. The number of thiophene rings is 1. The third kappa shape index (κ3) is 3.20.